The van der Waals surface area contributed by atoms with Crippen LogP contribution in [-0.2, 0) is 6.54 Å². The third-order valence-electron chi connectivity index (χ3n) is 5.52. The second-order valence-electron chi connectivity index (χ2n) is 7.56. The van der Waals surface area contributed by atoms with Gasteiger partial charge in [-0.2, -0.15) is 0 Å². The third kappa shape index (κ3) is 4.42. The second-order valence-corrected chi connectivity index (χ2v) is 7.56. The molecule has 0 radical (unpaired) electrons. The fourth-order valence-corrected chi connectivity index (χ4v) is 3.82. The molecular formula is C25H25N3O4. The zero-order valence-electron chi connectivity index (χ0n) is 17.9. The van der Waals surface area contributed by atoms with E-state index in [1.807, 2.05) is 18.2 Å². The highest BCUT2D eigenvalue weighted by molar-refractivity contribution is 6.22. The first-order chi connectivity index (χ1) is 15.6. The van der Waals surface area contributed by atoms with Gasteiger partial charge in [0, 0.05) is 30.9 Å². The molecule has 0 aliphatic carbocycles. The molecule has 164 valence electrons. The molecule has 0 saturated heterocycles. The van der Waals surface area contributed by atoms with Gasteiger partial charge in [-0.05, 0) is 55.8 Å². The maximum absolute atomic E-state index is 12.7. The minimum atomic E-state index is -0.419. The Morgan fingerprint density at radius 2 is 1.78 bits per heavy atom. The van der Waals surface area contributed by atoms with Gasteiger partial charge in [-0.15, -0.1) is 0 Å². The number of rotatable bonds is 9. The topological polar surface area (TPSA) is 82.9 Å². The number of carbonyl (C=O) groups is 3. The molecule has 4 rings (SSSR count). The number of hydrogen-bond donors (Lipinski definition) is 1. The van der Waals surface area contributed by atoms with Gasteiger partial charge in [-0.25, -0.2) is 0 Å². The zero-order valence-corrected chi connectivity index (χ0v) is 17.9. The lowest BCUT2D eigenvalue weighted by atomic mass is 10.1. The number of benzene rings is 2. The Morgan fingerprint density at radius 3 is 2.50 bits per heavy atom. The molecule has 1 N–H and O–H groups in total. The molecule has 0 spiro atoms. The SMILES string of the molecule is CCN(CCCNC(=O)c1ccc2c(c1)C(=O)N(Cc1ccco1)C2=O)c1ccccc1. The molecule has 0 atom stereocenters. The summed E-state index contributed by atoms with van der Waals surface area (Å²) in [5.74, 6) is -0.541. The average molecular weight is 431 g/mol. The molecule has 0 fully saturated rings. The van der Waals surface area contributed by atoms with Crippen molar-refractivity contribution in [2.75, 3.05) is 24.5 Å². The van der Waals surface area contributed by atoms with Crippen molar-refractivity contribution in [2.24, 2.45) is 0 Å². The lowest BCUT2D eigenvalue weighted by Crippen LogP contribution is -2.30. The van der Waals surface area contributed by atoms with E-state index in [1.54, 1.807) is 24.3 Å². The summed E-state index contributed by atoms with van der Waals surface area (Å²) in [5, 5.41) is 2.90. The van der Waals surface area contributed by atoms with Crippen LogP contribution in [0.3, 0.4) is 0 Å². The van der Waals surface area contributed by atoms with Crippen molar-refractivity contribution < 1.29 is 18.8 Å². The number of nitrogens with one attached hydrogen (secondary N) is 1. The molecule has 0 saturated carbocycles. The lowest BCUT2D eigenvalue weighted by molar-refractivity contribution is 0.0631. The highest BCUT2D eigenvalue weighted by Crippen LogP contribution is 2.25. The fourth-order valence-electron chi connectivity index (χ4n) is 3.82. The Morgan fingerprint density at radius 1 is 1.00 bits per heavy atom. The first-order valence-electron chi connectivity index (χ1n) is 10.7. The zero-order chi connectivity index (χ0) is 22.5. The van der Waals surface area contributed by atoms with Gasteiger partial charge in [0.1, 0.15) is 5.76 Å². The number of para-hydroxylation sites is 1. The van der Waals surface area contributed by atoms with Gasteiger partial charge in [-0.3, -0.25) is 19.3 Å². The highest BCUT2D eigenvalue weighted by Gasteiger charge is 2.36. The number of anilines is 1. The van der Waals surface area contributed by atoms with E-state index < -0.39 is 5.91 Å². The van der Waals surface area contributed by atoms with Crippen molar-refractivity contribution in [3.05, 3.63) is 89.4 Å². The lowest BCUT2D eigenvalue weighted by Gasteiger charge is -2.23. The number of carbonyl (C=O) groups excluding carboxylic acids is 3. The Hall–Kier alpha value is -3.87. The summed E-state index contributed by atoms with van der Waals surface area (Å²) in [7, 11) is 0. The summed E-state index contributed by atoms with van der Waals surface area (Å²) < 4.78 is 5.25. The molecule has 1 aromatic heterocycles. The fraction of sp³-hybridized carbons (Fsp3) is 0.240. The number of furan rings is 1. The molecular weight excluding hydrogens is 406 g/mol. The van der Waals surface area contributed by atoms with Gasteiger partial charge in [0.15, 0.2) is 0 Å². The summed E-state index contributed by atoms with van der Waals surface area (Å²) in [6.07, 6.45) is 2.28. The number of hydrogen-bond acceptors (Lipinski definition) is 5. The van der Waals surface area contributed by atoms with E-state index in [2.05, 4.69) is 29.3 Å². The first-order valence-corrected chi connectivity index (χ1v) is 10.7. The molecule has 7 heteroatoms. The van der Waals surface area contributed by atoms with Crippen molar-refractivity contribution in [3.8, 4) is 0 Å². The van der Waals surface area contributed by atoms with E-state index in [0.29, 0.717) is 23.4 Å². The Bertz CT molecular complexity index is 1110. The van der Waals surface area contributed by atoms with Crippen LogP contribution in [0.1, 0.15) is 50.2 Å². The van der Waals surface area contributed by atoms with Crippen LogP contribution < -0.4 is 10.2 Å². The molecule has 32 heavy (non-hydrogen) atoms. The van der Waals surface area contributed by atoms with E-state index in [4.69, 9.17) is 4.42 Å². The van der Waals surface area contributed by atoms with Crippen molar-refractivity contribution in [3.63, 3.8) is 0 Å². The van der Waals surface area contributed by atoms with Crippen LogP contribution in [0.4, 0.5) is 5.69 Å². The Balaban J connectivity index is 1.34. The molecule has 2 aromatic carbocycles. The largest absolute Gasteiger partial charge is 0.467 e. The van der Waals surface area contributed by atoms with Crippen LogP contribution in [-0.4, -0.2) is 42.3 Å². The molecule has 0 bridgehead atoms. The molecule has 7 nitrogen and oxygen atoms in total. The summed E-state index contributed by atoms with van der Waals surface area (Å²) >= 11 is 0. The van der Waals surface area contributed by atoms with E-state index >= 15 is 0 Å². The molecule has 1 aliphatic heterocycles. The normalized spacial score (nSPS) is 12.7. The summed E-state index contributed by atoms with van der Waals surface area (Å²) in [6.45, 7) is 4.38. The molecule has 0 unspecified atom stereocenters. The monoisotopic (exact) mass is 431 g/mol. The van der Waals surface area contributed by atoms with Crippen LogP contribution in [0, 0.1) is 0 Å². The van der Waals surface area contributed by atoms with E-state index in [-0.39, 0.29) is 23.9 Å². The number of fused-ring (bicyclic) bond motifs is 1. The standard InChI is InChI=1S/C25H25N3O4/c1-2-27(19-8-4-3-5-9-19)14-7-13-26-23(29)18-11-12-21-22(16-18)25(31)28(24(21)30)17-20-10-6-15-32-20/h3-6,8-12,15-16H,2,7,13-14,17H2,1H3,(H,26,29). The predicted octanol–water partition coefficient (Wildman–Crippen LogP) is 3.72. The van der Waals surface area contributed by atoms with Crippen LogP contribution in [0.15, 0.2) is 71.3 Å². The minimum Gasteiger partial charge on any atom is -0.467 e. The second kappa shape index (κ2) is 9.51. The van der Waals surface area contributed by atoms with Gasteiger partial charge in [0.25, 0.3) is 17.7 Å². The molecule has 3 aromatic rings. The third-order valence-corrected chi connectivity index (χ3v) is 5.52. The number of amides is 3. The maximum atomic E-state index is 12.7. The first kappa shape index (κ1) is 21.4. The Kier molecular flexibility index (Phi) is 6.35. The van der Waals surface area contributed by atoms with E-state index in [0.717, 1.165) is 30.1 Å². The minimum absolute atomic E-state index is 0.0657. The van der Waals surface area contributed by atoms with E-state index in [1.165, 1.54) is 12.3 Å². The predicted molar refractivity (Wildman–Crippen MR) is 121 cm³/mol. The van der Waals surface area contributed by atoms with Crippen molar-refractivity contribution >= 4 is 23.4 Å². The van der Waals surface area contributed by atoms with Gasteiger partial charge in [0.05, 0.1) is 23.9 Å². The molecule has 2 heterocycles. The molecule has 1 aliphatic rings. The van der Waals surface area contributed by atoms with Gasteiger partial charge in [0.2, 0.25) is 0 Å². The Labute approximate surface area is 186 Å². The van der Waals surface area contributed by atoms with Gasteiger partial charge < -0.3 is 14.6 Å². The van der Waals surface area contributed by atoms with Crippen molar-refractivity contribution in [2.45, 2.75) is 19.9 Å². The number of nitrogens with zero attached hydrogens (tertiary/aromatic N) is 2. The summed E-state index contributed by atoms with van der Waals surface area (Å²) in [4.78, 5) is 41.3. The maximum Gasteiger partial charge on any atom is 0.261 e. The summed E-state index contributed by atoms with van der Waals surface area (Å²) in [6, 6.07) is 18.2. The van der Waals surface area contributed by atoms with Gasteiger partial charge in [-0.1, -0.05) is 18.2 Å². The quantitative estimate of drug-likeness (QED) is 0.412. The van der Waals surface area contributed by atoms with Crippen molar-refractivity contribution in [1.82, 2.24) is 10.2 Å². The van der Waals surface area contributed by atoms with E-state index in [9.17, 15) is 14.4 Å². The van der Waals surface area contributed by atoms with Gasteiger partial charge >= 0.3 is 0 Å². The van der Waals surface area contributed by atoms with Crippen LogP contribution in [0.2, 0.25) is 0 Å². The van der Waals surface area contributed by atoms with Crippen LogP contribution >= 0.6 is 0 Å². The molecule has 3 amide bonds. The van der Waals surface area contributed by atoms with Crippen molar-refractivity contribution in [1.29, 1.82) is 0 Å². The smallest absolute Gasteiger partial charge is 0.261 e. The van der Waals surface area contributed by atoms with Crippen LogP contribution in [0.5, 0.6) is 0 Å². The average Bonchev–Trinajstić information content (AvgIpc) is 3.42. The van der Waals surface area contributed by atoms with Crippen LogP contribution in [0.25, 0.3) is 0 Å². The summed E-state index contributed by atoms with van der Waals surface area (Å²) in [5.41, 5.74) is 2.07. The highest BCUT2D eigenvalue weighted by atomic mass is 16.3. The number of imide groups is 1.